The summed E-state index contributed by atoms with van der Waals surface area (Å²) in [5.41, 5.74) is 1.88. The van der Waals surface area contributed by atoms with E-state index >= 15 is 0 Å². The summed E-state index contributed by atoms with van der Waals surface area (Å²) in [5, 5.41) is 6.59. The van der Waals surface area contributed by atoms with Crippen LogP contribution < -0.4 is 15.5 Å². The summed E-state index contributed by atoms with van der Waals surface area (Å²) in [7, 11) is 4.02. The fraction of sp³-hybridized carbons (Fsp3) is 0.500. The minimum Gasteiger partial charge on any atom is -0.370 e. The number of benzene rings is 1. The van der Waals surface area contributed by atoms with E-state index in [2.05, 4.69) is 27.6 Å². The zero-order chi connectivity index (χ0) is 14.7. The SMILES string of the molecule is CNc1nc2ccccc2nc1N(C)CC1CCNCC1.Cl. The van der Waals surface area contributed by atoms with Gasteiger partial charge in [-0.3, -0.25) is 0 Å². The zero-order valence-electron chi connectivity index (χ0n) is 13.2. The van der Waals surface area contributed by atoms with Crippen molar-refractivity contribution < 1.29 is 0 Å². The Morgan fingerprint density at radius 2 is 1.82 bits per heavy atom. The largest absolute Gasteiger partial charge is 0.370 e. The van der Waals surface area contributed by atoms with Crippen LogP contribution >= 0.6 is 12.4 Å². The molecule has 0 aliphatic carbocycles. The second kappa shape index (κ2) is 7.61. The van der Waals surface area contributed by atoms with Crippen LogP contribution in [0.5, 0.6) is 0 Å². The first-order chi connectivity index (χ1) is 10.3. The molecule has 0 saturated carbocycles. The molecular weight excluding hydrogens is 298 g/mol. The van der Waals surface area contributed by atoms with Gasteiger partial charge >= 0.3 is 0 Å². The lowest BCUT2D eigenvalue weighted by atomic mass is 9.98. The molecule has 0 amide bonds. The van der Waals surface area contributed by atoms with Crippen molar-refractivity contribution >= 4 is 35.1 Å². The molecule has 5 nitrogen and oxygen atoms in total. The Labute approximate surface area is 137 Å². The maximum atomic E-state index is 4.80. The minimum absolute atomic E-state index is 0. The zero-order valence-corrected chi connectivity index (χ0v) is 14.0. The molecule has 0 spiro atoms. The van der Waals surface area contributed by atoms with E-state index < -0.39 is 0 Å². The van der Waals surface area contributed by atoms with Gasteiger partial charge in [-0.1, -0.05) is 12.1 Å². The summed E-state index contributed by atoms with van der Waals surface area (Å²) in [5.74, 6) is 2.52. The van der Waals surface area contributed by atoms with Crippen LogP contribution in [-0.2, 0) is 0 Å². The molecule has 1 fully saturated rings. The Bertz CT molecular complexity index is 613. The number of rotatable bonds is 4. The van der Waals surface area contributed by atoms with Gasteiger partial charge in [-0.2, -0.15) is 0 Å². The maximum Gasteiger partial charge on any atom is 0.172 e. The molecule has 6 heteroatoms. The van der Waals surface area contributed by atoms with Crippen molar-refractivity contribution in [3.05, 3.63) is 24.3 Å². The fourth-order valence-electron chi connectivity index (χ4n) is 2.96. The molecule has 1 aliphatic rings. The first kappa shape index (κ1) is 16.8. The highest BCUT2D eigenvalue weighted by Gasteiger charge is 2.18. The van der Waals surface area contributed by atoms with Gasteiger partial charge in [0.25, 0.3) is 0 Å². The lowest BCUT2D eigenvalue weighted by molar-refractivity contribution is 0.377. The highest BCUT2D eigenvalue weighted by molar-refractivity contribution is 5.85. The van der Waals surface area contributed by atoms with Crippen LogP contribution in [-0.4, -0.2) is 43.7 Å². The van der Waals surface area contributed by atoms with Crippen molar-refractivity contribution in [2.45, 2.75) is 12.8 Å². The maximum absolute atomic E-state index is 4.80. The molecule has 1 saturated heterocycles. The van der Waals surface area contributed by atoms with Gasteiger partial charge in [0.1, 0.15) is 0 Å². The number of hydrogen-bond donors (Lipinski definition) is 2. The number of piperidine rings is 1. The third-order valence-electron chi connectivity index (χ3n) is 4.14. The number of para-hydroxylation sites is 2. The molecule has 0 atom stereocenters. The topological polar surface area (TPSA) is 53.1 Å². The molecule has 1 aromatic carbocycles. The predicted molar refractivity (Wildman–Crippen MR) is 95.2 cm³/mol. The first-order valence-electron chi connectivity index (χ1n) is 7.64. The molecule has 2 heterocycles. The molecule has 3 rings (SSSR count). The van der Waals surface area contributed by atoms with Crippen molar-refractivity contribution in [1.82, 2.24) is 15.3 Å². The number of anilines is 2. The molecule has 2 aromatic rings. The molecule has 0 radical (unpaired) electrons. The average molecular weight is 322 g/mol. The molecule has 120 valence electrons. The second-order valence-corrected chi connectivity index (χ2v) is 5.71. The Morgan fingerprint density at radius 3 is 2.45 bits per heavy atom. The van der Waals surface area contributed by atoms with Crippen LogP contribution in [0.15, 0.2) is 24.3 Å². The monoisotopic (exact) mass is 321 g/mol. The lowest BCUT2D eigenvalue weighted by Crippen LogP contribution is -2.35. The Balaban J connectivity index is 0.00000176. The van der Waals surface area contributed by atoms with Gasteiger partial charge in [-0.05, 0) is 44.0 Å². The van der Waals surface area contributed by atoms with E-state index in [0.29, 0.717) is 0 Å². The Hall–Kier alpha value is -1.59. The van der Waals surface area contributed by atoms with E-state index in [1.54, 1.807) is 0 Å². The summed E-state index contributed by atoms with van der Waals surface area (Å²) in [6, 6.07) is 8.02. The van der Waals surface area contributed by atoms with Gasteiger partial charge in [0, 0.05) is 20.6 Å². The summed E-state index contributed by atoms with van der Waals surface area (Å²) < 4.78 is 0. The van der Waals surface area contributed by atoms with Gasteiger partial charge in [0.15, 0.2) is 11.6 Å². The van der Waals surface area contributed by atoms with Crippen LogP contribution in [0.25, 0.3) is 11.0 Å². The van der Waals surface area contributed by atoms with E-state index in [1.165, 1.54) is 12.8 Å². The van der Waals surface area contributed by atoms with Crippen LogP contribution in [0.1, 0.15) is 12.8 Å². The van der Waals surface area contributed by atoms with Gasteiger partial charge in [-0.15, -0.1) is 12.4 Å². The van der Waals surface area contributed by atoms with Gasteiger partial charge in [0.2, 0.25) is 0 Å². The summed E-state index contributed by atoms with van der Waals surface area (Å²) >= 11 is 0. The van der Waals surface area contributed by atoms with E-state index in [-0.39, 0.29) is 12.4 Å². The van der Waals surface area contributed by atoms with Gasteiger partial charge in [-0.25, -0.2) is 9.97 Å². The normalized spacial score (nSPS) is 15.4. The Morgan fingerprint density at radius 1 is 1.18 bits per heavy atom. The number of halogens is 1. The fourth-order valence-corrected chi connectivity index (χ4v) is 2.96. The molecule has 2 N–H and O–H groups in total. The minimum atomic E-state index is 0. The number of nitrogens with one attached hydrogen (secondary N) is 2. The predicted octanol–water partition coefficient (Wildman–Crippen LogP) is 2.53. The standard InChI is InChI=1S/C16H23N5.ClH/c1-17-15-16(20-14-6-4-3-5-13(14)19-15)21(2)11-12-7-9-18-10-8-12;/h3-6,12,18H,7-11H2,1-2H3,(H,17,19);1H. The lowest BCUT2D eigenvalue weighted by Gasteiger charge is -2.29. The van der Waals surface area contributed by atoms with Gasteiger partial charge < -0.3 is 15.5 Å². The third-order valence-corrected chi connectivity index (χ3v) is 4.14. The van der Waals surface area contributed by atoms with Crippen LogP contribution in [0.3, 0.4) is 0 Å². The Kier molecular flexibility index (Phi) is 5.80. The average Bonchev–Trinajstić information content (AvgIpc) is 2.54. The van der Waals surface area contributed by atoms with E-state index in [0.717, 1.165) is 48.2 Å². The van der Waals surface area contributed by atoms with Gasteiger partial charge in [0.05, 0.1) is 11.0 Å². The van der Waals surface area contributed by atoms with Crippen molar-refractivity contribution in [3.8, 4) is 0 Å². The summed E-state index contributed by atoms with van der Waals surface area (Å²) in [6.45, 7) is 3.28. The number of nitrogens with zero attached hydrogens (tertiary/aromatic N) is 3. The number of aromatic nitrogens is 2. The van der Waals surface area contributed by atoms with Crippen molar-refractivity contribution in [3.63, 3.8) is 0 Å². The smallest absolute Gasteiger partial charge is 0.172 e. The quantitative estimate of drug-likeness (QED) is 0.906. The molecule has 22 heavy (non-hydrogen) atoms. The first-order valence-corrected chi connectivity index (χ1v) is 7.64. The van der Waals surface area contributed by atoms with Crippen LogP contribution in [0.2, 0.25) is 0 Å². The van der Waals surface area contributed by atoms with E-state index in [4.69, 9.17) is 4.98 Å². The van der Waals surface area contributed by atoms with E-state index in [1.807, 2.05) is 31.3 Å². The third kappa shape index (κ3) is 3.59. The van der Waals surface area contributed by atoms with Crippen molar-refractivity contribution in [2.24, 2.45) is 5.92 Å². The molecular formula is C16H24ClN5. The number of fused-ring (bicyclic) bond motifs is 1. The highest BCUT2D eigenvalue weighted by atomic mass is 35.5. The highest BCUT2D eigenvalue weighted by Crippen LogP contribution is 2.25. The summed E-state index contributed by atoms with van der Waals surface area (Å²) in [4.78, 5) is 11.7. The van der Waals surface area contributed by atoms with Crippen molar-refractivity contribution in [1.29, 1.82) is 0 Å². The van der Waals surface area contributed by atoms with E-state index in [9.17, 15) is 0 Å². The number of hydrogen-bond acceptors (Lipinski definition) is 5. The van der Waals surface area contributed by atoms with Crippen molar-refractivity contribution in [2.75, 3.05) is 43.9 Å². The summed E-state index contributed by atoms with van der Waals surface area (Å²) in [6.07, 6.45) is 2.47. The molecule has 1 aliphatic heterocycles. The van der Waals surface area contributed by atoms with Crippen LogP contribution in [0, 0.1) is 5.92 Å². The molecule has 0 bridgehead atoms. The van der Waals surface area contributed by atoms with Crippen LogP contribution in [0.4, 0.5) is 11.6 Å². The molecule has 0 unspecified atom stereocenters. The molecule has 1 aromatic heterocycles. The second-order valence-electron chi connectivity index (χ2n) is 5.71.